The second-order valence-electron chi connectivity index (χ2n) is 10.3. The van der Waals surface area contributed by atoms with Crippen LogP contribution in [0.4, 0.5) is 0 Å². The minimum Gasteiger partial charge on any atom is -0.396 e. The summed E-state index contributed by atoms with van der Waals surface area (Å²) in [4.78, 5) is 0. The Kier molecular flexibility index (Phi) is 11.0. The number of hydrogen-bond donors (Lipinski definition) is 2. The first-order valence-corrected chi connectivity index (χ1v) is 13.6. The largest absolute Gasteiger partial charge is 0.396 e. The molecule has 2 heteroatoms. The number of aliphatic hydroxyl groups excluding tert-OH is 2. The Morgan fingerprint density at radius 1 is 0.788 bits per heavy atom. The molecule has 0 bridgehead atoms. The van der Waals surface area contributed by atoms with Gasteiger partial charge in [-0.1, -0.05) is 69.2 Å². The average Bonchev–Trinajstić information content (AvgIpc) is 2.86. The van der Waals surface area contributed by atoms with Gasteiger partial charge >= 0.3 is 0 Å². The van der Waals surface area contributed by atoms with Crippen LogP contribution in [-0.2, 0) is 25.7 Å². The predicted octanol–water partition coefficient (Wildman–Crippen LogP) is 7.03. The maximum absolute atomic E-state index is 9.24. The van der Waals surface area contributed by atoms with Crippen LogP contribution >= 0.6 is 0 Å². The third-order valence-corrected chi connectivity index (χ3v) is 7.92. The topological polar surface area (TPSA) is 40.5 Å². The van der Waals surface area contributed by atoms with Gasteiger partial charge < -0.3 is 10.2 Å². The van der Waals surface area contributed by atoms with E-state index < -0.39 is 0 Å². The van der Waals surface area contributed by atoms with Crippen LogP contribution in [0.1, 0.15) is 98.9 Å². The molecular formula is C31H46O2. The van der Waals surface area contributed by atoms with Crippen LogP contribution in [0.2, 0.25) is 0 Å². The maximum atomic E-state index is 9.24. The molecule has 0 aliphatic heterocycles. The fourth-order valence-electron chi connectivity index (χ4n) is 5.67. The molecule has 3 rings (SSSR count). The van der Waals surface area contributed by atoms with Gasteiger partial charge in [0.2, 0.25) is 0 Å². The zero-order valence-corrected chi connectivity index (χ0v) is 21.1. The molecule has 0 amide bonds. The van der Waals surface area contributed by atoms with Crippen molar-refractivity contribution in [1.29, 1.82) is 0 Å². The monoisotopic (exact) mass is 450 g/mol. The summed E-state index contributed by atoms with van der Waals surface area (Å²) in [5.41, 5.74) is 7.32. The summed E-state index contributed by atoms with van der Waals surface area (Å²) in [6.45, 7) is 4.73. The molecule has 0 spiro atoms. The van der Waals surface area contributed by atoms with Crippen molar-refractivity contribution < 1.29 is 10.2 Å². The Morgan fingerprint density at radius 3 is 2.12 bits per heavy atom. The van der Waals surface area contributed by atoms with Crippen molar-refractivity contribution in [2.45, 2.75) is 96.8 Å². The van der Waals surface area contributed by atoms with E-state index >= 15 is 0 Å². The van der Waals surface area contributed by atoms with Gasteiger partial charge in [0, 0.05) is 19.1 Å². The molecule has 2 nitrogen and oxygen atoms in total. The van der Waals surface area contributed by atoms with Crippen molar-refractivity contribution in [2.75, 3.05) is 13.2 Å². The van der Waals surface area contributed by atoms with Crippen LogP contribution in [0, 0.1) is 11.8 Å². The van der Waals surface area contributed by atoms with Crippen molar-refractivity contribution in [3.63, 3.8) is 0 Å². The molecule has 0 aromatic heterocycles. The number of aryl methyl sites for hydroxylation is 4. The first-order chi connectivity index (χ1) is 16.2. The third-order valence-electron chi connectivity index (χ3n) is 7.92. The molecular weight excluding hydrogens is 404 g/mol. The standard InChI is InChI=1S/C31H46O2/c1-3-6-24-9-16-30(17-10-24)31-18-12-25(13-19-31)11-15-29-20-14-26(21-28(29)4-2)7-5-8-27(22-32)23-33/h12-14,18-21,24,27,30,32-33H,3-11,15-17,22-23H2,1-2H3. The Bertz CT molecular complexity index is 798. The normalized spacial score (nSPS) is 18.7. The lowest BCUT2D eigenvalue weighted by molar-refractivity contribution is 0.142. The first-order valence-electron chi connectivity index (χ1n) is 13.6. The van der Waals surface area contributed by atoms with Gasteiger partial charge in [0.25, 0.3) is 0 Å². The molecule has 1 aliphatic rings. The van der Waals surface area contributed by atoms with Crippen molar-refractivity contribution in [3.8, 4) is 0 Å². The maximum Gasteiger partial charge on any atom is 0.0481 e. The SMILES string of the molecule is CCCC1CCC(c2ccc(CCc3ccc(CCCC(CO)CO)cc3CC)cc2)CC1. The van der Waals surface area contributed by atoms with Crippen molar-refractivity contribution in [3.05, 3.63) is 70.3 Å². The first kappa shape index (κ1) is 26.0. The molecule has 1 aliphatic carbocycles. The summed E-state index contributed by atoms with van der Waals surface area (Å²) in [6, 6.07) is 16.5. The van der Waals surface area contributed by atoms with E-state index in [0.717, 1.165) is 50.4 Å². The van der Waals surface area contributed by atoms with Gasteiger partial charge in [-0.15, -0.1) is 0 Å². The van der Waals surface area contributed by atoms with Crippen LogP contribution in [0.25, 0.3) is 0 Å². The molecule has 0 heterocycles. The van der Waals surface area contributed by atoms with E-state index in [4.69, 9.17) is 0 Å². The zero-order valence-electron chi connectivity index (χ0n) is 21.1. The average molecular weight is 451 g/mol. The summed E-state index contributed by atoms with van der Waals surface area (Å²) in [5.74, 6) is 1.77. The molecule has 182 valence electrons. The van der Waals surface area contributed by atoms with Gasteiger partial charge in [-0.05, 0) is 104 Å². The molecule has 1 fully saturated rings. The van der Waals surface area contributed by atoms with E-state index in [1.54, 1.807) is 5.56 Å². The molecule has 0 saturated heterocycles. The van der Waals surface area contributed by atoms with Gasteiger partial charge in [-0.3, -0.25) is 0 Å². The van der Waals surface area contributed by atoms with Crippen LogP contribution in [0.15, 0.2) is 42.5 Å². The van der Waals surface area contributed by atoms with Gasteiger partial charge in [0.1, 0.15) is 0 Å². The van der Waals surface area contributed by atoms with Gasteiger partial charge in [-0.2, -0.15) is 0 Å². The Balaban J connectivity index is 1.50. The Labute approximate surface area is 202 Å². The molecule has 2 aromatic rings. The molecule has 0 radical (unpaired) electrons. The van der Waals surface area contributed by atoms with Crippen LogP contribution in [-0.4, -0.2) is 23.4 Å². The highest BCUT2D eigenvalue weighted by Gasteiger charge is 2.21. The highest BCUT2D eigenvalue weighted by atomic mass is 16.3. The summed E-state index contributed by atoms with van der Waals surface area (Å²) >= 11 is 0. The van der Waals surface area contributed by atoms with Gasteiger partial charge in [0.15, 0.2) is 0 Å². The lowest BCUT2D eigenvalue weighted by Gasteiger charge is -2.28. The van der Waals surface area contributed by atoms with Crippen molar-refractivity contribution in [1.82, 2.24) is 0 Å². The van der Waals surface area contributed by atoms with Gasteiger partial charge in [0.05, 0.1) is 0 Å². The van der Waals surface area contributed by atoms with Crippen LogP contribution in [0.3, 0.4) is 0 Å². The number of aliphatic hydroxyl groups is 2. The van der Waals surface area contributed by atoms with Crippen LogP contribution in [0.5, 0.6) is 0 Å². The molecule has 1 saturated carbocycles. The lowest BCUT2D eigenvalue weighted by Crippen LogP contribution is -2.13. The third kappa shape index (κ3) is 7.97. The smallest absolute Gasteiger partial charge is 0.0481 e. The second-order valence-corrected chi connectivity index (χ2v) is 10.3. The number of hydrogen-bond acceptors (Lipinski definition) is 2. The van der Waals surface area contributed by atoms with Crippen molar-refractivity contribution in [2.24, 2.45) is 11.8 Å². The molecule has 0 unspecified atom stereocenters. The molecule has 33 heavy (non-hydrogen) atoms. The summed E-state index contributed by atoms with van der Waals surface area (Å²) < 4.78 is 0. The van der Waals surface area contributed by atoms with E-state index in [-0.39, 0.29) is 19.1 Å². The number of rotatable bonds is 13. The van der Waals surface area contributed by atoms with E-state index in [2.05, 4.69) is 56.3 Å². The summed E-state index contributed by atoms with van der Waals surface area (Å²) in [5, 5.41) is 18.5. The van der Waals surface area contributed by atoms with Crippen molar-refractivity contribution >= 4 is 0 Å². The zero-order chi connectivity index (χ0) is 23.5. The molecule has 2 N–H and O–H groups in total. The Morgan fingerprint density at radius 2 is 1.48 bits per heavy atom. The highest BCUT2D eigenvalue weighted by Crippen LogP contribution is 2.37. The Hall–Kier alpha value is -1.64. The lowest BCUT2D eigenvalue weighted by atomic mass is 9.77. The number of benzene rings is 2. The van der Waals surface area contributed by atoms with E-state index in [1.165, 1.54) is 60.8 Å². The fourth-order valence-corrected chi connectivity index (χ4v) is 5.67. The minimum absolute atomic E-state index is 0.0254. The summed E-state index contributed by atoms with van der Waals surface area (Å²) in [6.07, 6.45) is 14.5. The van der Waals surface area contributed by atoms with Crippen LogP contribution < -0.4 is 0 Å². The van der Waals surface area contributed by atoms with E-state index in [9.17, 15) is 10.2 Å². The molecule has 2 aromatic carbocycles. The van der Waals surface area contributed by atoms with E-state index in [1.807, 2.05) is 0 Å². The molecule has 0 atom stereocenters. The van der Waals surface area contributed by atoms with Gasteiger partial charge in [-0.25, -0.2) is 0 Å². The summed E-state index contributed by atoms with van der Waals surface area (Å²) in [7, 11) is 0. The predicted molar refractivity (Wildman–Crippen MR) is 140 cm³/mol. The second kappa shape index (κ2) is 13.9. The van der Waals surface area contributed by atoms with E-state index in [0.29, 0.717) is 0 Å². The fraction of sp³-hybridized carbons (Fsp3) is 0.613. The highest BCUT2D eigenvalue weighted by molar-refractivity contribution is 5.34. The quantitative estimate of drug-likeness (QED) is 0.344. The minimum atomic E-state index is 0.0254.